The van der Waals surface area contributed by atoms with E-state index in [4.69, 9.17) is 19.7 Å². The number of guanidine groups is 1. The lowest BCUT2D eigenvalue weighted by Crippen LogP contribution is -2.50. The minimum absolute atomic E-state index is 0.190. The summed E-state index contributed by atoms with van der Waals surface area (Å²) in [6.07, 6.45) is -8.71. The zero-order valence-electron chi connectivity index (χ0n) is 22.0. The number of alkyl halides is 6. The Morgan fingerprint density at radius 1 is 0.976 bits per heavy atom. The van der Waals surface area contributed by atoms with Crippen LogP contribution >= 0.6 is 0 Å². The van der Waals surface area contributed by atoms with Crippen LogP contribution in [0, 0.1) is 0 Å². The summed E-state index contributed by atoms with van der Waals surface area (Å²) < 4.78 is 76.4. The average molecular weight is 593 g/mol. The number of hydrogen-bond donors (Lipinski definition) is 3. The number of carbonyl (C=O) groups is 2. The van der Waals surface area contributed by atoms with E-state index in [9.17, 15) is 31.1 Å². The minimum Gasteiger partial charge on any atom is -0.478 e. The molecule has 2 aromatic carbocycles. The van der Waals surface area contributed by atoms with Gasteiger partial charge in [0, 0.05) is 57.3 Å². The van der Waals surface area contributed by atoms with E-state index in [1.807, 2.05) is 11.8 Å². The van der Waals surface area contributed by atoms with Crippen molar-refractivity contribution in [3.8, 4) is 0 Å². The quantitative estimate of drug-likeness (QED) is 0.169. The Morgan fingerprint density at radius 2 is 1.59 bits per heavy atom. The van der Waals surface area contributed by atoms with Gasteiger partial charge in [-0.25, -0.2) is 9.59 Å². The van der Waals surface area contributed by atoms with Crippen molar-refractivity contribution in [2.45, 2.75) is 25.7 Å². The standard InChI is InChI=1S/C24H29F3N4O3.C2HF3O2/c1-2-34-16-4-11-28-23(29-20-9-7-18(8-10-20)22(32)33)31-14-12-30(13-15-31)21-6-3-5-19(17-21)24(25,26)27;3-2(4,5)1(6)7/h3,5-10,17H,2,4,11-16H2,1H3,(H,28,29)(H,32,33);(H,6,7). The Hall–Kier alpha value is -4.01. The smallest absolute Gasteiger partial charge is 0.478 e. The largest absolute Gasteiger partial charge is 0.490 e. The van der Waals surface area contributed by atoms with E-state index in [1.54, 1.807) is 18.2 Å². The van der Waals surface area contributed by atoms with Gasteiger partial charge in [0.25, 0.3) is 0 Å². The Labute approximate surface area is 232 Å². The van der Waals surface area contributed by atoms with E-state index < -0.39 is 29.9 Å². The zero-order chi connectivity index (χ0) is 30.6. The summed E-state index contributed by atoms with van der Waals surface area (Å²) in [6.45, 7) is 5.94. The van der Waals surface area contributed by atoms with Crippen LogP contribution in [0.5, 0.6) is 0 Å². The molecule has 0 saturated carbocycles. The lowest BCUT2D eigenvalue weighted by atomic mass is 10.1. The summed E-state index contributed by atoms with van der Waals surface area (Å²) in [5, 5.41) is 19.5. The fourth-order valence-corrected chi connectivity index (χ4v) is 3.60. The van der Waals surface area contributed by atoms with Crippen LogP contribution in [0.15, 0.2) is 53.5 Å². The van der Waals surface area contributed by atoms with Crippen LogP contribution in [0.2, 0.25) is 0 Å². The number of carboxylic acid groups (broad SMARTS) is 2. The molecule has 2 aromatic rings. The normalized spacial score (nSPS) is 14.3. The molecule has 1 fully saturated rings. The highest BCUT2D eigenvalue weighted by Gasteiger charge is 2.38. The van der Waals surface area contributed by atoms with Crippen LogP contribution in [0.3, 0.4) is 0 Å². The Bertz CT molecular complexity index is 1160. The second-order valence-corrected chi connectivity index (χ2v) is 8.59. The summed E-state index contributed by atoms with van der Waals surface area (Å²) in [7, 11) is 0. The van der Waals surface area contributed by atoms with E-state index in [2.05, 4.69) is 15.2 Å². The Balaban J connectivity index is 0.000000745. The first-order valence-corrected chi connectivity index (χ1v) is 12.4. The van der Waals surface area contributed by atoms with Crippen LogP contribution in [0.4, 0.5) is 37.7 Å². The van der Waals surface area contributed by atoms with Gasteiger partial charge in [-0.1, -0.05) is 6.07 Å². The van der Waals surface area contributed by atoms with Gasteiger partial charge < -0.3 is 30.1 Å². The summed E-state index contributed by atoms with van der Waals surface area (Å²) in [5.41, 5.74) is 0.779. The number of benzene rings is 2. The number of piperazine rings is 1. The first-order chi connectivity index (χ1) is 19.2. The van der Waals surface area contributed by atoms with Crippen LogP contribution in [0.1, 0.15) is 29.3 Å². The van der Waals surface area contributed by atoms with Crippen LogP contribution in [-0.2, 0) is 15.7 Å². The van der Waals surface area contributed by atoms with Crippen molar-refractivity contribution in [1.29, 1.82) is 0 Å². The first-order valence-electron chi connectivity index (χ1n) is 12.4. The number of anilines is 2. The predicted molar refractivity (Wildman–Crippen MR) is 139 cm³/mol. The number of aromatic carboxylic acids is 1. The van der Waals surface area contributed by atoms with Gasteiger partial charge in [0.05, 0.1) is 11.1 Å². The molecule has 0 bridgehead atoms. The van der Waals surface area contributed by atoms with Crippen molar-refractivity contribution in [2.24, 2.45) is 4.99 Å². The maximum Gasteiger partial charge on any atom is 0.490 e. The van der Waals surface area contributed by atoms with Crippen LogP contribution in [-0.4, -0.2) is 85.1 Å². The summed E-state index contributed by atoms with van der Waals surface area (Å²) in [4.78, 5) is 28.7. The molecule has 3 N–H and O–H groups in total. The third-order valence-corrected chi connectivity index (χ3v) is 5.66. The fourth-order valence-electron chi connectivity index (χ4n) is 3.60. The number of hydrogen-bond acceptors (Lipinski definition) is 5. The van der Waals surface area contributed by atoms with Crippen molar-refractivity contribution < 1.29 is 50.9 Å². The first kappa shape index (κ1) is 33.2. The lowest BCUT2D eigenvalue weighted by Gasteiger charge is -2.38. The molecule has 0 spiro atoms. The number of nitrogens with zero attached hydrogens (tertiary/aromatic N) is 3. The molecular weight excluding hydrogens is 562 g/mol. The van der Waals surface area contributed by atoms with E-state index in [-0.39, 0.29) is 5.56 Å². The molecular formula is C26H30F6N4O5. The average Bonchev–Trinajstić information content (AvgIpc) is 2.92. The van der Waals surface area contributed by atoms with Crippen LogP contribution < -0.4 is 10.2 Å². The third-order valence-electron chi connectivity index (χ3n) is 5.66. The fraction of sp³-hybridized carbons (Fsp3) is 0.423. The molecule has 1 heterocycles. The lowest BCUT2D eigenvalue weighted by molar-refractivity contribution is -0.192. The molecule has 226 valence electrons. The third kappa shape index (κ3) is 11.2. The molecule has 0 radical (unpaired) electrons. The molecule has 1 aliphatic heterocycles. The molecule has 41 heavy (non-hydrogen) atoms. The van der Waals surface area contributed by atoms with Gasteiger partial charge in [0.15, 0.2) is 5.96 Å². The van der Waals surface area contributed by atoms with Gasteiger partial charge in [-0.3, -0.25) is 4.99 Å². The molecule has 1 aliphatic rings. The van der Waals surface area contributed by atoms with Gasteiger partial charge in [-0.15, -0.1) is 0 Å². The van der Waals surface area contributed by atoms with E-state index in [0.29, 0.717) is 63.3 Å². The maximum absolute atomic E-state index is 13.1. The molecule has 0 aliphatic carbocycles. The number of halogens is 6. The topological polar surface area (TPSA) is 115 Å². The van der Waals surface area contributed by atoms with Crippen molar-refractivity contribution in [3.05, 3.63) is 59.7 Å². The highest BCUT2D eigenvalue weighted by molar-refractivity contribution is 5.95. The molecule has 0 aromatic heterocycles. The van der Waals surface area contributed by atoms with E-state index in [1.165, 1.54) is 24.3 Å². The van der Waals surface area contributed by atoms with Crippen molar-refractivity contribution in [1.82, 2.24) is 4.90 Å². The SMILES string of the molecule is CCOCCCN=C(Nc1ccc(C(=O)O)cc1)N1CCN(c2cccc(C(F)(F)F)c2)CC1.O=C(O)C(F)(F)F. The van der Waals surface area contributed by atoms with Gasteiger partial charge in [-0.2, -0.15) is 26.3 Å². The monoisotopic (exact) mass is 592 g/mol. The Kier molecular flexibility index (Phi) is 12.2. The number of rotatable bonds is 8. The number of aliphatic carboxylic acids is 1. The van der Waals surface area contributed by atoms with Gasteiger partial charge >= 0.3 is 24.3 Å². The predicted octanol–water partition coefficient (Wildman–Crippen LogP) is 5.05. The minimum atomic E-state index is -5.08. The summed E-state index contributed by atoms with van der Waals surface area (Å²) in [6, 6.07) is 11.8. The molecule has 9 nitrogen and oxygen atoms in total. The van der Waals surface area contributed by atoms with Gasteiger partial charge in [0.1, 0.15) is 0 Å². The molecule has 1 saturated heterocycles. The Morgan fingerprint density at radius 3 is 2.10 bits per heavy atom. The zero-order valence-corrected chi connectivity index (χ0v) is 22.0. The molecule has 0 unspecified atom stereocenters. The highest BCUT2D eigenvalue weighted by atomic mass is 19.4. The molecule has 0 atom stereocenters. The second kappa shape index (κ2) is 15.1. The summed E-state index contributed by atoms with van der Waals surface area (Å²) >= 11 is 0. The maximum atomic E-state index is 13.1. The highest BCUT2D eigenvalue weighted by Crippen LogP contribution is 2.32. The van der Waals surface area contributed by atoms with Crippen molar-refractivity contribution in [2.75, 3.05) is 56.2 Å². The van der Waals surface area contributed by atoms with Crippen LogP contribution in [0.25, 0.3) is 0 Å². The van der Waals surface area contributed by atoms with E-state index in [0.717, 1.165) is 12.5 Å². The number of aliphatic imine (C=N–C) groups is 1. The number of nitrogens with one attached hydrogen (secondary N) is 1. The number of carboxylic acids is 2. The van der Waals surface area contributed by atoms with Crippen molar-refractivity contribution >= 4 is 29.3 Å². The second-order valence-electron chi connectivity index (χ2n) is 8.59. The molecule has 15 heteroatoms. The van der Waals surface area contributed by atoms with Gasteiger partial charge in [-0.05, 0) is 55.8 Å². The number of ether oxygens (including phenoxy) is 1. The van der Waals surface area contributed by atoms with Crippen molar-refractivity contribution in [3.63, 3.8) is 0 Å². The molecule has 3 rings (SSSR count). The van der Waals surface area contributed by atoms with E-state index >= 15 is 0 Å². The van der Waals surface area contributed by atoms with Gasteiger partial charge in [0.2, 0.25) is 0 Å². The molecule has 0 amide bonds. The summed E-state index contributed by atoms with van der Waals surface area (Å²) in [5.74, 6) is -3.11.